The number of hydrogen-bond acceptors (Lipinski definition) is 4. The van der Waals surface area contributed by atoms with E-state index in [2.05, 4.69) is 34.3 Å². The van der Waals surface area contributed by atoms with Crippen molar-refractivity contribution in [3.05, 3.63) is 53.5 Å². The van der Waals surface area contributed by atoms with Gasteiger partial charge in [-0.1, -0.05) is 13.0 Å². The van der Waals surface area contributed by atoms with E-state index in [1.165, 1.54) is 11.1 Å². The van der Waals surface area contributed by atoms with E-state index in [9.17, 15) is 4.79 Å². The molecule has 0 spiro atoms. The fraction of sp³-hybridized carbons (Fsp3) is 0.478. The molecule has 8 heteroatoms. The van der Waals surface area contributed by atoms with Gasteiger partial charge in [0.1, 0.15) is 18.1 Å². The van der Waals surface area contributed by atoms with Crippen LogP contribution in [-0.2, 0) is 24.2 Å². The first kappa shape index (κ1) is 25.0. The van der Waals surface area contributed by atoms with Gasteiger partial charge in [-0.15, -0.1) is 24.0 Å². The van der Waals surface area contributed by atoms with Gasteiger partial charge in [0.2, 0.25) is 5.91 Å². The molecule has 1 aliphatic heterocycles. The molecule has 7 nitrogen and oxygen atoms in total. The topological polar surface area (TPSA) is 70.3 Å². The summed E-state index contributed by atoms with van der Waals surface area (Å²) in [5, 5.41) is 3.41. The molecule has 170 valence electrons. The smallest absolute Gasteiger partial charge is 0.243 e. The van der Waals surface area contributed by atoms with E-state index in [0.717, 1.165) is 56.4 Å². The number of guanidine groups is 1. The van der Waals surface area contributed by atoms with Crippen molar-refractivity contribution in [1.82, 2.24) is 15.1 Å². The van der Waals surface area contributed by atoms with Gasteiger partial charge in [-0.2, -0.15) is 0 Å². The van der Waals surface area contributed by atoms with E-state index in [4.69, 9.17) is 9.15 Å². The molecule has 2 heterocycles. The largest absolute Gasteiger partial charge is 0.494 e. The molecule has 3 rings (SSSR count). The van der Waals surface area contributed by atoms with E-state index in [0.29, 0.717) is 6.54 Å². The fourth-order valence-electron chi connectivity index (χ4n) is 3.32. The average Bonchev–Trinajstić information content (AvgIpc) is 3.27. The van der Waals surface area contributed by atoms with Gasteiger partial charge in [0.25, 0.3) is 0 Å². The lowest BCUT2D eigenvalue weighted by molar-refractivity contribution is -0.127. The number of likely N-dealkylation sites (N-methyl/N-ethyl adjacent to an activating group) is 1. The summed E-state index contributed by atoms with van der Waals surface area (Å²) in [5.41, 5.74) is 2.59. The van der Waals surface area contributed by atoms with Crippen molar-refractivity contribution in [2.75, 3.05) is 40.3 Å². The number of halogens is 1. The molecule has 0 atom stereocenters. The molecule has 0 bridgehead atoms. The normalized spacial score (nSPS) is 13.3. The zero-order valence-corrected chi connectivity index (χ0v) is 20.9. The minimum atomic E-state index is -0.0181. The predicted octanol–water partition coefficient (Wildman–Crippen LogP) is 3.32. The molecular formula is C23H33IN4O3. The maximum atomic E-state index is 12.1. The minimum absolute atomic E-state index is 0. The number of fused-ring (bicyclic) bond motifs is 1. The summed E-state index contributed by atoms with van der Waals surface area (Å²) in [4.78, 5) is 20.4. The van der Waals surface area contributed by atoms with Crippen LogP contribution in [0.3, 0.4) is 0 Å². The Bertz CT molecular complexity index is 853. The monoisotopic (exact) mass is 540 g/mol. The lowest BCUT2D eigenvalue weighted by atomic mass is 9.99. The molecule has 0 radical (unpaired) electrons. The van der Waals surface area contributed by atoms with Crippen molar-refractivity contribution >= 4 is 35.8 Å². The highest BCUT2D eigenvalue weighted by atomic mass is 127. The molecule has 1 aromatic heterocycles. The number of amides is 1. The van der Waals surface area contributed by atoms with E-state index in [1.54, 1.807) is 25.3 Å². The molecule has 31 heavy (non-hydrogen) atoms. The van der Waals surface area contributed by atoms with Crippen LogP contribution in [0.15, 0.2) is 46.0 Å². The van der Waals surface area contributed by atoms with Crippen molar-refractivity contribution in [3.63, 3.8) is 0 Å². The van der Waals surface area contributed by atoms with Crippen molar-refractivity contribution in [2.24, 2.45) is 4.99 Å². The van der Waals surface area contributed by atoms with Crippen LogP contribution < -0.4 is 10.1 Å². The Labute approximate surface area is 201 Å². The molecule has 2 aromatic rings. The summed E-state index contributed by atoms with van der Waals surface area (Å²) in [6.07, 6.45) is 4.36. The van der Waals surface area contributed by atoms with Crippen LogP contribution in [-0.4, -0.2) is 62.0 Å². The van der Waals surface area contributed by atoms with Gasteiger partial charge >= 0.3 is 0 Å². The first-order chi connectivity index (χ1) is 14.6. The second kappa shape index (κ2) is 12.6. The third-order valence-corrected chi connectivity index (χ3v) is 5.06. The summed E-state index contributed by atoms with van der Waals surface area (Å²) >= 11 is 0. The summed E-state index contributed by atoms with van der Waals surface area (Å²) < 4.78 is 11.2. The van der Waals surface area contributed by atoms with Crippen LogP contribution in [0.2, 0.25) is 0 Å². The molecule has 0 fully saturated rings. The number of nitrogens with one attached hydrogen (secondary N) is 1. The minimum Gasteiger partial charge on any atom is -0.494 e. The Morgan fingerprint density at radius 1 is 1.29 bits per heavy atom. The van der Waals surface area contributed by atoms with E-state index < -0.39 is 0 Å². The Balaban J connectivity index is 0.00000341. The second-order valence-corrected chi connectivity index (χ2v) is 7.63. The number of nitrogens with zero attached hydrogens (tertiary/aromatic N) is 3. The van der Waals surface area contributed by atoms with Crippen molar-refractivity contribution < 1.29 is 13.9 Å². The highest BCUT2D eigenvalue weighted by Gasteiger charge is 2.20. The number of carbonyl (C=O) groups excluding carboxylic acids is 1. The van der Waals surface area contributed by atoms with Gasteiger partial charge in [-0.05, 0) is 48.2 Å². The molecule has 1 aliphatic rings. The zero-order chi connectivity index (χ0) is 21.3. The molecule has 0 unspecified atom stereocenters. The number of rotatable bonds is 8. The Morgan fingerprint density at radius 3 is 2.84 bits per heavy atom. The number of carbonyl (C=O) groups is 1. The molecule has 1 N–H and O–H groups in total. The number of hydrogen-bond donors (Lipinski definition) is 1. The number of ether oxygens (including phenoxy) is 1. The predicted molar refractivity (Wildman–Crippen MR) is 133 cm³/mol. The number of benzene rings is 1. The summed E-state index contributed by atoms with van der Waals surface area (Å²) in [5.74, 6) is 2.60. The van der Waals surface area contributed by atoms with E-state index in [1.807, 2.05) is 18.2 Å². The summed E-state index contributed by atoms with van der Waals surface area (Å²) in [6.45, 7) is 5.26. The molecule has 1 aromatic carbocycles. The van der Waals surface area contributed by atoms with Crippen molar-refractivity contribution in [1.29, 1.82) is 0 Å². The van der Waals surface area contributed by atoms with Crippen LogP contribution >= 0.6 is 24.0 Å². The maximum absolute atomic E-state index is 12.1. The first-order valence-electron chi connectivity index (χ1n) is 10.6. The van der Waals surface area contributed by atoms with Crippen LogP contribution in [0, 0.1) is 0 Å². The lowest BCUT2D eigenvalue weighted by Gasteiger charge is -2.32. The van der Waals surface area contributed by atoms with Crippen LogP contribution in [0.5, 0.6) is 5.75 Å². The van der Waals surface area contributed by atoms with E-state index >= 15 is 0 Å². The molecule has 0 saturated carbocycles. The van der Waals surface area contributed by atoms with E-state index in [-0.39, 0.29) is 36.4 Å². The standard InChI is InChI=1S/C23H32N4O3.HI/c1-4-13-29-21-8-7-19-17-27(12-10-18(19)15-21)23(25-16-22(28)26(2)3)24-11-9-20-6-5-14-30-20;/h5-8,14-15H,4,9-13,16-17H2,1-3H3,(H,24,25);1H. The fourth-order valence-corrected chi connectivity index (χ4v) is 3.32. The Morgan fingerprint density at radius 2 is 2.13 bits per heavy atom. The van der Waals surface area contributed by atoms with Gasteiger partial charge < -0.3 is 24.3 Å². The molecule has 0 saturated heterocycles. The second-order valence-electron chi connectivity index (χ2n) is 7.63. The average molecular weight is 540 g/mol. The zero-order valence-electron chi connectivity index (χ0n) is 18.6. The highest BCUT2D eigenvalue weighted by Crippen LogP contribution is 2.24. The van der Waals surface area contributed by atoms with Crippen molar-refractivity contribution in [3.8, 4) is 5.75 Å². The highest BCUT2D eigenvalue weighted by molar-refractivity contribution is 14.0. The Kier molecular flexibility index (Phi) is 10.2. The molecule has 1 amide bonds. The van der Waals surface area contributed by atoms with Gasteiger partial charge in [0.15, 0.2) is 5.96 Å². The van der Waals surface area contributed by atoms with Gasteiger partial charge in [0.05, 0.1) is 12.9 Å². The van der Waals surface area contributed by atoms with Gasteiger partial charge in [-0.3, -0.25) is 4.79 Å². The van der Waals surface area contributed by atoms with Crippen LogP contribution in [0.4, 0.5) is 0 Å². The quantitative estimate of drug-likeness (QED) is 0.316. The third-order valence-electron chi connectivity index (χ3n) is 5.06. The summed E-state index contributed by atoms with van der Waals surface area (Å²) in [6, 6.07) is 10.2. The first-order valence-corrected chi connectivity index (χ1v) is 10.6. The maximum Gasteiger partial charge on any atom is 0.243 e. The van der Waals surface area contributed by atoms with Crippen LogP contribution in [0.25, 0.3) is 0 Å². The third kappa shape index (κ3) is 7.45. The number of furan rings is 1. The number of aliphatic imine (C=N–C) groups is 1. The van der Waals surface area contributed by atoms with Crippen LogP contribution in [0.1, 0.15) is 30.2 Å². The lowest BCUT2D eigenvalue weighted by Crippen LogP contribution is -2.45. The summed E-state index contributed by atoms with van der Waals surface area (Å²) in [7, 11) is 3.49. The van der Waals surface area contributed by atoms with Gasteiger partial charge in [-0.25, -0.2) is 4.99 Å². The Hall–Kier alpha value is -2.23. The van der Waals surface area contributed by atoms with Crippen molar-refractivity contribution in [2.45, 2.75) is 32.7 Å². The van der Waals surface area contributed by atoms with Gasteiger partial charge in [0, 0.05) is 40.2 Å². The molecule has 0 aliphatic carbocycles. The SMILES string of the molecule is CCCOc1ccc2c(c1)CCN(C(=NCC(=O)N(C)C)NCCc1ccco1)C2.I. The molecular weight excluding hydrogens is 507 g/mol.